The first-order valence-electron chi connectivity index (χ1n) is 12.8. The van der Waals surface area contributed by atoms with E-state index in [0.29, 0.717) is 12.1 Å². The predicted molar refractivity (Wildman–Crippen MR) is 135 cm³/mol. The Kier molecular flexibility index (Phi) is 6.52. The molecule has 3 aliphatic heterocycles. The summed E-state index contributed by atoms with van der Waals surface area (Å²) < 4.78 is 13.5. The van der Waals surface area contributed by atoms with E-state index < -0.39 is 0 Å². The Hall–Kier alpha value is -2.60. The highest BCUT2D eigenvalue weighted by atomic mass is 19.1. The normalized spacial score (nSPS) is 24.0. The van der Waals surface area contributed by atoms with Crippen LogP contribution in [0, 0.1) is 5.82 Å². The second-order valence-electron chi connectivity index (χ2n) is 10.4. The molecule has 0 saturated carbocycles. The first kappa shape index (κ1) is 23.2. The van der Waals surface area contributed by atoms with E-state index >= 15 is 0 Å². The topological polar surface area (TPSA) is 30.0 Å². The zero-order chi connectivity index (χ0) is 23.8. The number of rotatable bonds is 6. The molecule has 0 radical (unpaired) electrons. The van der Waals surface area contributed by atoms with Crippen molar-refractivity contribution in [3.8, 4) is 0 Å². The van der Waals surface area contributed by atoms with Crippen LogP contribution in [0.1, 0.15) is 45.6 Å². The third kappa shape index (κ3) is 4.52. The van der Waals surface area contributed by atoms with Gasteiger partial charge >= 0.3 is 6.03 Å². The van der Waals surface area contributed by atoms with Crippen LogP contribution in [0.25, 0.3) is 5.57 Å². The first-order valence-corrected chi connectivity index (χ1v) is 12.8. The maximum absolute atomic E-state index is 13.5. The molecule has 5 nitrogen and oxygen atoms in total. The van der Waals surface area contributed by atoms with Crippen molar-refractivity contribution < 1.29 is 9.18 Å². The minimum atomic E-state index is -0.190. The summed E-state index contributed by atoms with van der Waals surface area (Å²) in [5.74, 6) is -0.190. The van der Waals surface area contributed by atoms with Gasteiger partial charge in [0.25, 0.3) is 0 Å². The van der Waals surface area contributed by atoms with Crippen molar-refractivity contribution in [3.05, 3.63) is 65.1 Å². The summed E-state index contributed by atoms with van der Waals surface area (Å²) in [7, 11) is 0. The van der Waals surface area contributed by atoms with E-state index in [2.05, 4.69) is 48.9 Å². The van der Waals surface area contributed by atoms with Crippen LogP contribution in [-0.4, -0.2) is 83.0 Å². The molecular formula is C28H37FN4O. The fourth-order valence-electron chi connectivity index (χ4n) is 5.90. The lowest BCUT2D eigenvalue weighted by atomic mass is 9.88. The first-order chi connectivity index (χ1) is 16.4. The Bertz CT molecular complexity index is 1000. The standard InChI is InChI=1S/C28H37FN4O/c1-20(2)32-17-16-31(28(32)34)15-14-30-12-10-24(11-13-30)33-19-26(22-5-7-23(29)8-6-22)25-18-21(3)4-9-27(25)33/h4-8,18-20,24,27H,9-17H2,1-3H3. The number of halogens is 1. The molecule has 0 N–H and O–H groups in total. The van der Waals surface area contributed by atoms with Crippen LogP contribution in [0.4, 0.5) is 9.18 Å². The minimum Gasteiger partial charge on any atom is -0.366 e. The molecule has 1 aromatic rings. The molecule has 2 saturated heterocycles. The molecule has 2 amide bonds. The Labute approximate surface area is 203 Å². The third-order valence-electron chi connectivity index (χ3n) is 7.92. The van der Waals surface area contributed by atoms with E-state index in [9.17, 15) is 9.18 Å². The van der Waals surface area contributed by atoms with Crippen LogP contribution in [-0.2, 0) is 0 Å². The van der Waals surface area contributed by atoms with Crippen LogP contribution in [0.2, 0.25) is 0 Å². The van der Waals surface area contributed by atoms with Gasteiger partial charge in [0.2, 0.25) is 0 Å². The fourth-order valence-corrected chi connectivity index (χ4v) is 5.90. The largest absolute Gasteiger partial charge is 0.366 e. The molecule has 1 aliphatic carbocycles. The molecule has 1 aromatic carbocycles. The highest BCUT2D eigenvalue weighted by molar-refractivity contribution is 5.83. The molecule has 34 heavy (non-hydrogen) atoms. The van der Waals surface area contributed by atoms with Crippen LogP contribution < -0.4 is 0 Å². The number of carbonyl (C=O) groups excluding carboxylic acids is 1. The maximum atomic E-state index is 13.5. The molecule has 5 rings (SSSR count). The average molecular weight is 465 g/mol. The number of hydrogen-bond donors (Lipinski definition) is 0. The number of piperidine rings is 1. The summed E-state index contributed by atoms with van der Waals surface area (Å²) in [6.07, 6.45) is 10.3. The summed E-state index contributed by atoms with van der Waals surface area (Å²) in [6.45, 7) is 12.0. The molecule has 1 unspecified atom stereocenters. The summed E-state index contributed by atoms with van der Waals surface area (Å²) >= 11 is 0. The lowest BCUT2D eigenvalue weighted by Crippen LogP contribution is -2.47. The van der Waals surface area contributed by atoms with E-state index in [1.165, 1.54) is 16.7 Å². The van der Waals surface area contributed by atoms with Crippen molar-refractivity contribution in [2.75, 3.05) is 39.3 Å². The molecule has 182 valence electrons. The van der Waals surface area contributed by atoms with E-state index in [1.807, 2.05) is 21.9 Å². The third-order valence-corrected chi connectivity index (χ3v) is 7.92. The number of nitrogens with zero attached hydrogens (tertiary/aromatic N) is 4. The van der Waals surface area contributed by atoms with Gasteiger partial charge in [0.15, 0.2) is 0 Å². The van der Waals surface area contributed by atoms with Crippen LogP contribution in [0.15, 0.2) is 53.8 Å². The van der Waals surface area contributed by atoms with E-state index in [1.54, 1.807) is 12.1 Å². The van der Waals surface area contributed by atoms with Crippen molar-refractivity contribution in [1.82, 2.24) is 19.6 Å². The minimum absolute atomic E-state index is 0.190. The van der Waals surface area contributed by atoms with Gasteiger partial charge < -0.3 is 19.6 Å². The quantitative estimate of drug-likeness (QED) is 0.609. The number of allylic oxidation sites excluding steroid dienone is 2. The second kappa shape index (κ2) is 9.57. The van der Waals surface area contributed by atoms with Crippen LogP contribution in [0.3, 0.4) is 0 Å². The van der Waals surface area contributed by atoms with Crippen LogP contribution >= 0.6 is 0 Å². The predicted octanol–water partition coefficient (Wildman–Crippen LogP) is 4.74. The van der Waals surface area contributed by atoms with E-state index in [4.69, 9.17) is 0 Å². The van der Waals surface area contributed by atoms with Crippen molar-refractivity contribution in [2.45, 2.75) is 58.2 Å². The highest BCUT2D eigenvalue weighted by Gasteiger charge is 2.37. The number of amides is 2. The Morgan fingerprint density at radius 1 is 1.03 bits per heavy atom. The van der Waals surface area contributed by atoms with E-state index in [0.717, 1.165) is 64.1 Å². The highest BCUT2D eigenvalue weighted by Crippen LogP contribution is 2.42. The van der Waals surface area contributed by atoms with Gasteiger partial charge in [0.05, 0.1) is 6.04 Å². The number of benzene rings is 1. The Balaban J connectivity index is 1.21. The summed E-state index contributed by atoms with van der Waals surface area (Å²) in [5, 5.41) is 0. The second-order valence-corrected chi connectivity index (χ2v) is 10.4. The van der Waals surface area contributed by atoms with E-state index in [-0.39, 0.29) is 17.9 Å². The summed E-state index contributed by atoms with van der Waals surface area (Å²) in [5.41, 5.74) is 5.01. The van der Waals surface area contributed by atoms with Crippen molar-refractivity contribution in [1.29, 1.82) is 0 Å². The molecule has 3 heterocycles. The van der Waals surface area contributed by atoms with Gasteiger partial charge in [-0.05, 0) is 63.3 Å². The number of hydrogen-bond acceptors (Lipinski definition) is 3. The van der Waals surface area contributed by atoms with Gasteiger partial charge in [-0.1, -0.05) is 29.9 Å². The maximum Gasteiger partial charge on any atom is 0.320 e. The van der Waals surface area contributed by atoms with Gasteiger partial charge in [-0.15, -0.1) is 0 Å². The molecule has 0 aromatic heterocycles. The Morgan fingerprint density at radius 3 is 2.44 bits per heavy atom. The smallest absolute Gasteiger partial charge is 0.320 e. The number of likely N-dealkylation sites (tertiary alicyclic amines) is 1. The lowest BCUT2D eigenvalue weighted by Gasteiger charge is -2.40. The van der Waals surface area contributed by atoms with Crippen LogP contribution in [0.5, 0.6) is 0 Å². The van der Waals surface area contributed by atoms with Gasteiger partial charge in [-0.2, -0.15) is 0 Å². The average Bonchev–Trinajstić information content (AvgIpc) is 3.39. The number of carbonyl (C=O) groups is 1. The van der Waals surface area contributed by atoms with Crippen molar-refractivity contribution in [2.24, 2.45) is 0 Å². The zero-order valence-electron chi connectivity index (χ0n) is 20.7. The monoisotopic (exact) mass is 464 g/mol. The zero-order valence-corrected chi connectivity index (χ0v) is 20.7. The molecular weight excluding hydrogens is 427 g/mol. The molecule has 0 bridgehead atoms. The molecule has 0 spiro atoms. The van der Waals surface area contributed by atoms with Crippen molar-refractivity contribution >= 4 is 11.6 Å². The Morgan fingerprint density at radius 2 is 1.76 bits per heavy atom. The van der Waals surface area contributed by atoms with Gasteiger partial charge in [-0.25, -0.2) is 9.18 Å². The molecule has 2 fully saturated rings. The summed E-state index contributed by atoms with van der Waals surface area (Å²) in [4.78, 5) is 21.6. The van der Waals surface area contributed by atoms with Crippen molar-refractivity contribution in [3.63, 3.8) is 0 Å². The fraction of sp³-hybridized carbons (Fsp3) is 0.536. The molecule has 6 heteroatoms. The van der Waals surface area contributed by atoms with Gasteiger partial charge in [0.1, 0.15) is 5.82 Å². The van der Waals surface area contributed by atoms with Gasteiger partial charge in [-0.3, -0.25) is 0 Å². The lowest BCUT2D eigenvalue weighted by molar-refractivity contribution is 0.121. The summed E-state index contributed by atoms with van der Waals surface area (Å²) in [6, 6.07) is 8.29. The SMILES string of the molecule is CC1=CCC2C(=C1)C(c1ccc(F)cc1)=CN2C1CCN(CCN2CCN(C(C)C)C2=O)CC1. The number of fused-ring (bicyclic) bond motifs is 1. The molecule has 4 aliphatic rings. The molecule has 1 atom stereocenters. The number of urea groups is 1. The van der Waals surface area contributed by atoms with Gasteiger partial charge in [0, 0.05) is 63.1 Å².